The van der Waals surface area contributed by atoms with Crippen LogP contribution in [0.1, 0.15) is 52.4 Å². The quantitative estimate of drug-likeness (QED) is 0.543. The largest absolute Gasteiger partial charge is 0.0596 e. The molecule has 0 heterocycles. The lowest BCUT2D eigenvalue weighted by Crippen LogP contribution is -2.41. The van der Waals surface area contributed by atoms with Crippen LogP contribution in [0.4, 0.5) is 0 Å². The predicted octanol–water partition coefficient (Wildman–Crippen LogP) is 4.35. The third-order valence-corrected chi connectivity index (χ3v) is 8.06. The Bertz CT molecular complexity index is 368. The van der Waals surface area contributed by atoms with E-state index in [-0.39, 0.29) is 0 Å². The van der Waals surface area contributed by atoms with Crippen LogP contribution in [0, 0.1) is 52.8 Å². The molecule has 5 aliphatic carbocycles. The summed E-state index contributed by atoms with van der Waals surface area (Å²) in [4.78, 5) is 0. The molecular formula is C17H26. The van der Waals surface area contributed by atoms with Gasteiger partial charge in [-0.2, -0.15) is 0 Å². The Kier molecular flexibility index (Phi) is 1.61. The van der Waals surface area contributed by atoms with Crippen molar-refractivity contribution in [1.29, 1.82) is 0 Å². The summed E-state index contributed by atoms with van der Waals surface area (Å²) < 4.78 is 0. The van der Waals surface area contributed by atoms with Crippen LogP contribution >= 0.6 is 0 Å². The highest BCUT2D eigenvalue weighted by molar-refractivity contribution is 5.17. The van der Waals surface area contributed by atoms with Gasteiger partial charge in [0.2, 0.25) is 0 Å². The fourth-order valence-corrected chi connectivity index (χ4v) is 7.96. The van der Waals surface area contributed by atoms with Crippen LogP contribution < -0.4 is 0 Å². The van der Waals surface area contributed by atoms with Crippen molar-refractivity contribution in [2.45, 2.75) is 52.4 Å². The van der Waals surface area contributed by atoms with Crippen LogP contribution in [-0.2, 0) is 0 Å². The number of hydrogen-bond acceptors (Lipinski definition) is 0. The minimum atomic E-state index is 0.699. The highest BCUT2D eigenvalue weighted by Gasteiger charge is 2.68. The van der Waals surface area contributed by atoms with Gasteiger partial charge in [-0.15, -0.1) is 0 Å². The van der Waals surface area contributed by atoms with Gasteiger partial charge in [0, 0.05) is 0 Å². The lowest BCUT2D eigenvalue weighted by Gasteiger charge is -2.46. The molecule has 0 N–H and O–H groups in total. The SMILES string of the molecule is CC1(C)CC2CC1C1C3CC(C4CCCC43)C21. The molecule has 0 amide bonds. The van der Waals surface area contributed by atoms with E-state index in [1.165, 1.54) is 35.5 Å². The molecular weight excluding hydrogens is 204 g/mol. The van der Waals surface area contributed by atoms with E-state index >= 15 is 0 Å². The lowest BCUT2D eigenvalue weighted by molar-refractivity contribution is 0.0156. The molecule has 0 nitrogen and oxygen atoms in total. The maximum atomic E-state index is 2.58. The highest BCUT2D eigenvalue weighted by Crippen LogP contribution is 2.75. The molecule has 0 aromatic heterocycles. The van der Waals surface area contributed by atoms with Gasteiger partial charge in [-0.3, -0.25) is 0 Å². The van der Waals surface area contributed by atoms with Gasteiger partial charge in [0.15, 0.2) is 0 Å². The van der Waals surface area contributed by atoms with Crippen LogP contribution in [0.25, 0.3) is 0 Å². The number of hydrogen-bond donors (Lipinski definition) is 0. The van der Waals surface area contributed by atoms with Crippen molar-refractivity contribution in [2.24, 2.45) is 52.8 Å². The number of fused-ring (bicyclic) bond motifs is 12. The molecule has 17 heavy (non-hydrogen) atoms. The summed E-state index contributed by atoms with van der Waals surface area (Å²) in [6.07, 6.45) is 9.63. The van der Waals surface area contributed by atoms with E-state index in [4.69, 9.17) is 0 Å². The van der Waals surface area contributed by atoms with Crippen molar-refractivity contribution in [2.75, 3.05) is 0 Å². The maximum Gasteiger partial charge on any atom is -0.0316 e. The van der Waals surface area contributed by atoms with Gasteiger partial charge in [-0.25, -0.2) is 0 Å². The Morgan fingerprint density at radius 2 is 1.53 bits per heavy atom. The summed E-state index contributed by atoms with van der Waals surface area (Å²) in [6, 6.07) is 0. The topological polar surface area (TPSA) is 0 Å². The van der Waals surface area contributed by atoms with Crippen molar-refractivity contribution in [3.63, 3.8) is 0 Å². The molecule has 5 rings (SSSR count). The molecule has 5 fully saturated rings. The summed E-state index contributed by atoms with van der Waals surface area (Å²) in [5.74, 6) is 9.44. The zero-order valence-corrected chi connectivity index (χ0v) is 11.4. The first-order valence-electron chi connectivity index (χ1n) is 8.17. The first-order chi connectivity index (χ1) is 8.17. The molecule has 0 aromatic carbocycles. The van der Waals surface area contributed by atoms with Gasteiger partial charge in [-0.1, -0.05) is 20.3 Å². The average Bonchev–Trinajstić information content (AvgIpc) is 2.95. The highest BCUT2D eigenvalue weighted by atomic mass is 14.7. The molecule has 94 valence electrons. The summed E-state index contributed by atoms with van der Waals surface area (Å²) in [5, 5.41) is 0. The fraction of sp³-hybridized carbons (Fsp3) is 1.00. The third kappa shape index (κ3) is 0.965. The smallest absolute Gasteiger partial charge is 0.0316 e. The molecule has 0 spiro atoms. The van der Waals surface area contributed by atoms with Crippen molar-refractivity contribution < 1.29 is 0 Å². The summed E-state index contributed by atoms with van der Waals surface area (Å²) in [7, 11) is 0. The van der Waals surface area contributed by atoms with Crippen molar-refractivity contribution in [3.05, 3.63) is 0 Å². The minimum Gasteiger partial charge on any atom is -0.0596 e. The first-order valence-corrected chi connectivity index (χ1v) is 8.17. The standard InChI is InChI=1S/C17H26/c1-17(2)8-9-6-14(17)16-13-7-12(15(9)16)10-4-3-5-11(10)13/h9-16H,3-8H2,1-2H3. The fourth-order valence-electron chi connectivity index (χ4n) is 7.96. The van der Waals surface area contributed by atoms with E-state index in [0.29, 0.717) is 5.41 Å². The summed E-state index contributed by atoms with van der Waals surface area (Å²) >= 11 is 0. The molecule has 5 aliphatic rings. The van der Waals surface area contributed by atoms with Gasteiger partial charge in [0.1, 0.15) is 0 Å². The van der Waals surface area contributed by atoms with Crippen LogP contribution in [0.15, 0.2) is 0 Å². The van der Waals surface area contributed by atoms with E-state index in [0.717, 1.165) is 11.8 Å². The van der Waals surface area contributed by atoms with Crippen LogP contribution in [0.2, 0.25) is 0 Å². The maximum absolute atomic E-state index is 2.58. The minimum absolute atomic E-state index is 0.699. The zero-order chi connectivity index (χ0) is 11.4. The Balaban J connectivity index is 1.56. The van der Waals surface area contributed by atoms with Crippen molar-refractivity contribution in [3.8, 4) is 0 Å². The van der Waals surface area contributed by atoms with Gasteiger partial charge < -0.3 is 0 Å². The normalized spacial score (nSPS) is 65.3. The number of rotatable bonds is 0. The van der Waals surface area contributed by atoms with Gasteiger partial charge >= 0.3 is 0 Å². The van der Waals surface area contributed by atoms with E-state index in [9.17, 15) is 0 Å². The monoisotopic (exact) mass is 230 g/mol. The summed E-state index contributed by atoms with van der Waals surface area (Å²) in [5.41, 5.74) is 0.699. The van der Waals surface area contributed by atoms with Gasteiger partial charge in [-0.05, 0) is 84.9 Å². The average molecular weight is 230 g/mol. The van der Waals surface area contributed by atoms with E-state index in [1.807, 2.05) is 0 Å². The second-order valence-corrected chi connectivity index (χ2v) is 8.77. The molecule has 0 radical (unpaired) electrons. The van der Waals surface area contributed by atoms with Crippen LogP contribution in [0.3, 0.4) is 0 Å². The van der Waals surface area contributed by atoms with E-state index in [1.54, 1.807) is 38.5 Å². The molecule has 0 aromatic rings. The molecule has 8 atom stereocenters. The molecule has 0 aliphatic heterocycles. The predicted molar refractivity (Wildman–Crippen MR) is 69.4 cm³/mol. The van der Waals surface area contributed by atoms with Crippen LogP contribution in [0.5, 0.6) is 0 Å². The molecule has 4 bridgehead atoms. The Morgan fingerprint density at radius 3 is 2.29 bits per heavy atom. The van der Waals surface area contributed by atoms with Gasteiger partial charge in [0.05, 0.1) is 0 Å². The van der Waals surface area contributed by atoms with E-state index < -0.39 is 0 Å². The van der Waals surface area contributed by atoms with Crippen molar-refractivity contribution in [1.82, 2.24) is 0 Å². The molecule has 0 heteroatoms. The Hall–Kier alpha value is 0. The molecule has 0 saturated heterocycles. The van der Waals surface area contributed by atoms with Crippen LogP contribution in [-0.4, -0.2) is 0 Å². The lowest BCUT2D eigenvalue weighted by atomic mass is 9.58. The second kappa shape index (κ2) is 2.78. The first kappa shape index (κ1) is 9.87. The van der Waals surface area contributed by atoms with Gasteiger partial charge in [0.25, 0.3) is 0 Å². The summed E-state index contributed by atoms with van der Waals surface area (Å²) in [6.45, 7) is 5.15. The molecule has 5 saturated carbocycles. The molecule has 8 unspecified atom stereocenters. The second-order valence-electron chi connectivity index (χ2n) is 8.77. The Morgan fingerprint density at radius 1 is 0.824 bits per heavy atom. The van der Waals surface area contributed by atoms with E-state index in [2.05, 4.69) is 13.8 Å². The zero-order valence-electron chi connectivity index (χ0n) is 11.4. The Labute approximate surface area is 106 Å². The van der Waals surface area contributed by atoms with Crippen molar-refractivity contribution >= 4 is 0 Å². The third-order valence-electron chi connectivity index (χ3n) is 8.06.